The molecule has 5 heteroatoms. The van der Waals surface area contributed by atoms with E-state index in [1.165, 1.54) is 0 Å². The normalized spacial score (nSPS) is 23.8. The number of aryl methyl sites for hydroxylation is 1. The van der Waals surface area contributed by atoms with E-state index >= 15 is 0 Å². The quantitative estimate of drug-likeness (QED) is 0.767. The van der Waals surface area contributed by atoms with Gasteiger partial charge in [0.2, 0.25) is 0 Å². The molecule has 21 heavy (non-hydrogen) atoms. The number of nitrogens with one attached hydrogen (secondary N) is 2. The third-order valence-corrected chi connectivity index (χ3v) is 4.16. The second-order valence-corrected chi connectivity index (χ2v) is 5.92. The fraction of sp³-hybridized carbons (Fsp3) is 0.625. The van der Waals surface area contributed by atoms with Gasteiger partial charge in [-0.15, -0.1) is 0 Å². The summed E-state index contributed by atoms with van der Waals surface area (Å²) < 4.78 is 11.6. The van der Waals surface area contributed by atoms with Crippen LogP contribution >= 0.6 is 0 Å². The van der Waals surface area contributed by atoms with Crippen LogP contribution in [0.1, 0.15) is 18.4 Å². The van der Waals surface area contributed by atoms with E-state index in [-0.39, 0.29) is 6.10 Å². The molecule has 2 unspecified atom stereocenters. The molecule has 0 bridgehead atoms. The van der Waals surface area contributed by atoms with E-state index in [0.717, 1.165) is 43.0 Å². The highest BCUT2D eigenvalue weighted by Gasteiger charge is 2.28. The first kappa shape index (κ1) is 14.6. The third-order valence-electron chi connectivity index (χ3n) is 4.16. The fourth-order valence-corrected chi connectivity index (χ4v) is 2.83. The van der Waals surface area contributed by atoms with E-state index < -0.39 is 6.10 Å². The minimum Gasteiger partial charge on any atom is -0.486 e. The van der Waals surface area contributed by atoms with E-state index in [9.17, 15) is 5.11 Å². The zero-order valence-corrected chi connectivity index (χ0v) is 12.5. The smallest absolute Gasteiger partial charge is 0.162 e. The minimum absolute atomic E-state index is 0.312. The SMILES string of the molecule is Cc1ccc2c(c1)OC(C(O)CNC1CCNCC1)CO2. The van der Waals surface area contributed by atoms with Gasteiger partial charge in [-0.3, -0.25) is 0 Å². The minimum atomic E-state index is -0.562. The average Bonchev–Trinajstić information content (AvgIpc) is 2.53. The topological polar surface area (TPSA) is 62.8 Å². The molecule has 0 radical (unpaired) electrons. The Labute approximate surface area is 125 Å². The molecule has 0 aliphatic carbocycles. The Morgan fingerprint density at radius 2 is 2.14 bits per heavy atom. The van der Waals surface area contributed by atoms with Crippen LogP contribution in [-0.2, 0) is 0 Å². The van der Waals surface area contributed by atoms with Crippen molar-refractivity contribution in [2.45, 2.75) is 38.0 Å². The van der Waals surface area contributed by atoms with Gasteiger partial charge in [-0.2, -0.15) is 0 Å². The van der Waals surface area contributed by atoms with Gasteiger partial charge in [-0.25, -0.2) is 0 Å². The number of fused-ring (bicyclic) bond motifs is 1. The van der Waals surface area contributed by atoms with E-state index in [2.05, 4.69) is 10.6 Å². The van der Waals surface area contributed by atoms with E-state index in [1.807, 2.05) is 25.1 Å². The highest BCUT2D eigenvalue weighted by Crippen LogP contribution is 2.32. The van der Waals surface area contributed by atoms with E-state index in [4.69, 9.17) is 9.47 Å². The van der Waals surface area contributed by atoms with Crippen molar-refractivity contribution in [3.63, 3.8) is 0 Å². The molecule has 1 saturated heterocycles. The molecule has 0 saturated carbocycles. The van der Waals surface area contributed by atoms with E-state index in [1.54, 1.807) is 0 Å². The Morgan fingerprint density at radius 3 is 2.95 bits per heavy atom. The molecule has 5 nitrogen and oxygen atoms in total. The molecular formula is C16H24N2O3. The molecule has 1 aromatic carbocycles. The van der Waals surface area contributed by atoms with Crippen molar-refractivity contribution in [3.8, 4) is 11.5 Å². The van der Waals surface area contributed by atoms with Crippen molar-refractivity contribution >= 4 is 0 Å². The first-order chi connectivity index (χ1) is 10.2. The first-order valence-electron chi connectivity index (χ1n) is 7.74. The molecule has 1 aromatic rings. The Balaban J connectivity index is 1.52. The van der Waals surface area contributed by atoms with Crippen LogP contribution in [0.3, 0.4) is 0 Å². The van der Waals surface area contributed by atoms with Crippen LogP contribution in [0.2, 0.25) is 0 Å². The molecule has 2 heterocycles. The first-order valence-corrected chi connectivity index (χ1v) is 7.74. The summed E-state index contributed by atoms with van der Waals surface area (Å²) in [6, 6.07) is 6.35. The third kappa shape index (κ3) is 3.67. The molecule has 2 atom stereocenters. The largest absolute Gasteiger partial charge is 0.486 e. The van der Waals surface area contributed by atoms with Gasteiger partial charge in [0.15, 0.2) is 17.6 Å². The maximum atomic E-state index is 10.3. The molecule has 0 amide bonds. The molecule has 2 aliphatic rings. The zero-order chi connectivity index (χ0) is 14.7. The lowest BCUT2D eigenvalue weighted by Crippen LogP contribution is -2.48. The van der Waals surface area contributed by atoms with Crippen molar-refractivity contribution in [3.05, 3.63) is 23.8 Å². The monoisotopic (exact) mass is 292 g/mol. The predicted octanol–water partition coefficient (Wildman–Crippen LogP) is 0.837. The van der Waals surface area contributed by atoms with Crippen LogP contribution in [0.4, 0.5) is 0 Å². The van der Waals surface area contributed by atoms with Crippen molar-refractivity contribution in [1.29, 1.82) is 0 Å². The van der Waals surface area contributed by atoms with Crippen LogP contribution in [0.25, 0.3) is 0 Å². The van der Waals surface area contributed by atoms with Gasteiger partial charge in [0.1, 0.15) is 12.7 Å². The summed E-state index contributed by atoms with van der Waals surface area (Å²) in [6.07, 6.45) is 1.34. The van der Waals surface area contributed by atoms with Gasteiger partial charge in [0.25, 0.3) is 0 Å². The number of aliphatic hydroxyl groups is 1. The van der Waals surface area contributed by atoms with Gasteiger partial charge < -0.3 is 25.2 Å². The molecule has 116 valence electrons. The van der Waals surface area contributed by atoms with Gasteiger partial charge in [-0.05, 0) is 50.6 Å². The van der Waals surface area contributed by atoms with Crippen LogP contribution in [0, 0.1) is 6.92 Å². The van der Waals surface area contributed by atoms with Gasteiger partial charge in [-0.1, -0.05) is 6.07 Å². The van der Waals surface area contributed by atoms with Crippen LogP contribution in [0.5, 0.6) is 11.5 Å². The highest BCUT2D eigenvalue weighted by atomic mass is 16.6. The molecule has 3 N–H and O–H groups in total. The van der Waals surface area contributed by atoms with Gasteiger partial charge >= 0.3 is 0 Å². The number of ether oxygens (including phenoxy) is 2. The second kappa shape index (κ2) is 6.64. The predicted molar refractivity (Wildman–Crippen MR) is 81.0 cm³/mol. The number of aliphatic hydroxyl groups excluding tert-OH is 1. The van der Waals surface area contributed by atoms with Crippen molar-refractivity contribution in [2.75, 3.05) is 26.2 Å². The second-order valence-electron chi connectivity index (χ2n) is 5.92. The summed E-state index contributed by atoms with van der Waals surface area (Å²) in [5, 5.41) is 17.1. The van der Waals surface area contributed by atoms with Gasteiger partial charge in [0.05, 0.1) is 0 Å². The van der Waals surface area contributed by atoms with Crippen LogP contribution in [0.15, 0.2) is 18.2 Å². The zero-order valence-electron chi connectivity index (χ0n) is 12.5. The lowest BCUT2D eigenvalue weighted by molar-refractivity contribution is -0.0105. The van der Waals surface area contributed by atoms with Crippen LogP contribution in [-0.4, -0.2) is 49.6 Å². The van der Waals surface area contributed by atoms with E-state index in [0.29, 0.717) is 19.2 Å². The summed E-state index contributed by atoms with van der Waals surface area (Å²) in [6.45, 7) is 5.04. The summed E-state index contributed by atoms with van der Waals surface area (Å²) >= 11 is 0. The van der Waals surface area contributed by atoms with Crippen LogP contribution < -0.4 is 20.1 Å². The standard InChI is InChI=1S/C16H24N2O3/c1-11-2-3-14-15(8-11)21-16(10-20-14)13(19)9-18-12-4-6-17-7-5-12/h2-3,8,12-13,16-19H,4-7,9-10H2,1H3. The van der Waals surface area contributed by atoms with Gasteiger partial charge in [0, 0.05) is 12.6 Å². The lowest BCUT2D eigenvalue weighted by Gasteiger charge is -2.31. The maximum absolute atomic E-state index is 10.3. The number of rotatable bonds is 4. The number of benzene rings is 1. The number of hydrogen-bond donors (Lipinski definition) is 3. The molecule has 2 aliphatic heterocycles. The molecule has 0 spiro atoms. The summed E-state index contributed by atoms with van der Waals surface area (Å²) in [7, 11) is 0. The van der Waals surface area contributed by atoms with Crippen molar-refractivity contribution < 1.29 is 14.6 Å². The van der Waals surface area contributed by atoms with Crippen molar-refractivity contribution in [2.24, 2.45) is 0 Å². The molecular weight excluding hydrogens is 268 g/mol. The Morgan fingerprint density at radius 1 is 1.33 bits per heavy atom. The number of hydrogen-bond acceptors (Lipinski definition) is 5. The Kier molecular flexibility index (Phi) is 4.63. The summed E-state index contributed by atoms with van der Waals surface area (Å²) in [4.78, 5) is 0. The molecule has 0 aromatic heterocycles. The fourth-order valence-electron chi connectivity index (χ4n) is 2.83. The average molecular weight is 292 g/mol. The lowest BCUT2D eigenvalue weighted by atomic mass is 10.1. The number of piperidine rings is 1. The Hall–Kier alpha value is -1.30. The maximum Gasteiger partial charge on any atom is 0.162 e. The van der Waals surface area contributed by atoms with Crippen molar-refractivity contribution in [1.82, 2.24) is 10.6 Å². The molecule has 1 fully saturated rings. The summed E-state index contributed by atoms with van der Waals surface area (Å²) in [5.41, 5.74) is 1.13. The summed E-state index contributed by atoms with van der Waals surface area (Å²) in [5.74, 6) is 1.49. The Bertz CT molecular complexity index is 475. The highest BCUT2D eigenvalue weighted by molar-refractivity contribution is 5.43. The molecule has 3 rings (SSSR count).